The molecule has 0 aliphatic carbocycles. The first-order valence-corrected chi connectivity index (χ1v) is 11.2. The molecule has 158 valence electrons. The van der Waals surface area contributed by atoms with Gasteiger partial charge in [0.15, 0.2) is 0 Å². The van der Waals surface area contributed by atoms with Gasteiger partial charge in [-0.1, -0.05) is 29.8 Å². The van der Waals surface area contributed by atoms with Crippen LogP contribution in [0.1, 0.15) is 9.67 Å². The number of anilines is 1. The molecule has 5 rings (SSSR count). The zero-order chi connectivity index (χ0) is 21.5. The van der Waals surface area contributed by atoms with Crippen molar-refractivity contribution in [1.29, 1.82) is 0 Å². The highest BCUT2D eigenvalue weighted by Gasteiger charge is 2.26. The molecule has 0 atom stereocenters. The van der Waals surface area contributed by atoms with Crippen molar-refractivity contribution in [3.8, 4) is 11.3 Å². The van der Waals surface area contributed by atoms with Crippen LogP contribution in [-0.2, 0) is 7.05 Å². The Balaban J connectivity index is 1.37. The molecule has 0 bridgehead atoms. The molecule has 1 amide bonds. The van der Waals surface area contributed by atoms with Crippen LogP contribution in [-0.4, -0.2) is 46.8 Å². The van der Waals surface area contributed by atoms with Crippen molar-refractivity contribution < 1.29 is 9.18 Å². The van der Waals surface area contributed by atoms with Crippen molar-refractivity contribution in [2.24, 2.45) is 7.05 Å². The number of hydrogen-bond donors (Lipinski definition) is 0. The number of carbonyl (C=O) groups is 1. The van der Waals surface area contributed by atoms with Crippen LogP contribution in [0.2, 0.25) is 5.02 Å². The number of benzene rings is 2. The second kappa shape index (κ2) is 7.98. The maximum atomic E-state index is 14.3. The van der Waals surface area contributed by atoms with E-state index in [4.69, 9.17) is 11.6 Å². The van der Waals surface area contributed by atoms with Gasteiger partial charge in [-0.3, -0.25) is 9.48 Å². The number of fused-ring (bicyclic) bond motifs is 1. The molecule has 5 nitrogen and oxygen atoms in total. The number of halogens is 2. The van der Waals surface area contributed by atoms with Gasteiger partial charge in [-0.05, 0) is 36.4 Å². The van der Waals surface area contributed by atoms with E-state index in [9.17, 15) is 9.18 Å². The fraction of sp³-hybridized carbons (Fsp3) is 0.217. The molecule has 0 saturated carbocycles. The van der Waals surface area contributed by atoms with Gasteiger partial charge in [-0.2, -0.15) is 5.10 Å². The second-order valence-corrected chi connectivity index (χ2v) is 9.01. The summed E-state index contributed by atoms with van der Waals surface area (Å²) in [5, 5.41) is 6.00. The van der Waals surface area contributed by atoms with Gasteiger partial charge in [-0.15, -0.1) is 11.3 Å². The Kier molecular flexibility index (Phi) is 5.16. The average Bonchev–Trinajstić information content (AvgIpc) is 3.34. The predicted octanol–water partition coefficient (Wildman–Crippen LogP) is 5.06. The van der Waals surface area contributed by atoms with Crippen LogP contribution >= 0.6 is 22.9 Å². The highest BCUT2D eigenvalue weighted by molar-refractivity contribution is 7.20. The molecule has 2 aromatic heterocycles. The van der Waals surface area contributed by atoms with Crippen LogP contribution in [0.5, 0.6) is 0 Å². The minimum absolute atomic E-state index is 0.00595. The Hall–Kier alpha value is -2.90. The molecule has 1 saturated heterocycles. The van der Waals surface area contributed by atoms with Crippen LogP contribution in [0, 0.1) is 5.82 Å². The Morgan fingerprint density at radius 1 is 1.06 bits per heavy atom. The molecule has 4 aromatic rings. The molecule has 0 spiro atoms. The van der Waals surface area contributed by atoms with Crippen molar-refractivity contribution in [2.45, 2.75) is 0 Å². The number of hydrogen-bond acceptors (Lipinski definition) is 4. The van der Waals surface area contributed by atoms with Crippen LogP contribution in [0.3, 0.4) is 0 Å². The van der Waals surface area contributed by atoms with Gasteiger partial charge in [0, 0.05) is 54.9 Å². The van der Waals surface area contributed by atoms with E-state index in [1.54, 1.807) is 22.9 Å². The van der Waals surface area contributed by atoms with Crippen molar-refractivity contribution in [1.82, 2.24) is 14.7 Å². The minimum Gasteiger partial charge on any atom is -0.368 e. The Labute approximate surface area is 188 Å². The number of aromatic nitrogens is 2. The third-order valence-corrected chi connectivity index (χ3v) is 7.02. The van der Waals surface area contributed by atoms with E-state index in [1.165, 1.54) is 17.4 Å². The van der Waals surface area contributed by atoms with E-state index in [0.29, 0.717) is 34.2 Å². The zero-order valence-electron chi connectivity index (χ0n) is 16.9. The summed E-state index contributed by atoms with van der Waals surface area (Å²) in [4.78, 5) is 18.8. The summed E-state index contributed by atoms with van der Waals surface area (Å²) in [6, 6.07) is 16.2. The van der Waals surface area contributed by atoms with Crippen molar-refractivity contribution in [3.05, 3.63) is 70.3 Å². The first-order valence-electron chi connectivity index (χ1n) is 10.0. The molecule has 1 aliphatic rings. The van der Waals surface area contributed by atoms with E-state index in [0.717, 1.165) is 29.0 Å². The summed E-state index contributed by atoms with van der Waals surface area (Å²) in [6.07, 6.45) is 0. The lowest BCUT2D eigenvalue weighted by atomic mass is 10.1. The van der Waals surface area contributed by atoms with Crippen molar-refractivity contribution in [3.63, 3.8) is 0 Å². The van der Waals surface area contributed by atoms with E-state index in [2.05, 4.69) is 10.00 Å². The van der Waals surface area contributed by atoms with Crippen LogP contribution < -0.4 is 4.90 Å². The van der Waals surface area contributed by atoms with Gasteiger partial charge in [0.2, 0.25) is 0 Å². The fourth-order valence-electron chi connectivity index (χ4n) is 3.99. The summed E-state index contributed by atoms with van der Waals surface area (Å²) in [6.45, 7) is 2.77. The summed E-state index contributed by atoms with van der Waals surface area (Å²) in [5.41, 5.74) is 2.08. The van der Waals surface area contributed by atoms with Crippen LogP contribution in [0.25, 0.3) is 21.5 Å². The lowest BCUT2D eigenvalue weighted by molar-refractivity contribution is 0.0751. The van der Waals surface area contributed by atoms with E-state index in [-0.39, 0.29) is 11.7 Å². The largest absolute Gasteiger partial charge is 0.368 e. The lowest BCUT2D eigenvalue weighted by Gasteiger charge is -2.36. The van der Waals surface area contributed by atoms with Crippen molar-refractivity contribution >= 4 is 44.7 Å². The van der Waals surface area contributed by atoms with Gasteiger partial charge in [0.1, 0.15) is 16.3 Å². The summed E-state index contributed by atoms with van der Waals surface area (Å²) in [5.74, 6) is -0.315. The smallest absolute Gasteiger partial charge is 0.264 e. The molecule has 1 aliphatic heterocycles. The molecule has 31 heavy (non-hydrogen) atoms. The van der Waals surface area contributed by atoms with Crippen LogP contribution in [0.4, 0.5) is 10.1 Å². The molecule has 2 aromatic carbocycles. The number of piperazine rings is 1. The first-order chi connectivity index (χ1) is 15.0. The molecule has 1 fully saturated rings. The van der Waals surface area contributed by atoms with Gasteiger partial charge < -0.3 is 9.80 Å². The maximum Gasteiger partial charge on any atom is 0.264 e. The second-order valence-electron chi connectivity index (χ2n) is 7.54. The molecule has 0 unspecified atom stereocenters. The van der Waals surface area contributed by atoms with Crippen molar-refractivity contribution in [2.75, 3.05) is 31.1 Å². The minimum atomic E-state index is -0.321. The van der Waals surface area contributed by atoms with E-state index in [1.807, 2.05) is 42.3 Å². The van der Waals surface area contributed by atoms with E-state index >= 15 is 0 Å². The number of thiophene rings is 1. The summed E-state index contributed by atoms with van der Waals surface area (Å²) >= 11 is 7.51. The number of nitrogens with zero attached hydrogens (tertiary/aromatic N) is 4. The van der Waals surface area contributed by atoms with Gasteiger partial charge in [0.25, 0.3) is 5.91 Å². The molecular formula is C23H20ClFN4OS. The Bertz CT molecular complexity index is 1280. The van der Waals surface area contributed by atoms with Gasteiger partial charge in [-0.25, -0.2) is 4.39 Å². The maximum absolute atomic E-state index is 14.3. The number of aryl methyl sites for hydroxylation is 1. The lowest BCUT2D eigenvalue weighted by Crippen LogP contribution is -2.48. The number of amides is 1. The van der Waals surface area contributed by atoms with E-state index < -0.39 is 0 Å². The molecular weight excluding hydrogens is 435 g/mol. The summed E-state index contributed by atoms with van der Waals surface area (Å²) in [7, 11) is 1.82. The fourth-order valence-corrected chi connectivity index (χ4v) is 5.22. The third-order valence-electron chi connectivity index (χ3n) is 5.59. The highest BCUT2D eigenvalue weighted by Crippen LogP contribution is 2.35. The predicted molar refractivity (Wildman–Crippen MR) is 124 cm³/mol. The Morgan fingerprint density at radius 2 is 1.84 bits per heavy atom. The first kappa shape index (κ1) is 20.0. The quantitative estimate of drug-likeness (QED) is 0.434. The SMILES string of the molecule is Cn1nc(-c2ccccc2F)c2cc(C(=O)N3CCN(c4cccc(Cl)c4)CC3)sc21. The topological polar surface area (TPSA) is 41.4 Å². The third kappa shape index (κ3) is 3.68. The normalized spacial score (nSPS) is 14.4. The molecule has 3 heterocycles. The van der Waals surface area contributed by atoms with Crippen LogP contribution in [0.15, 0.2) is 54.6 Å². The molecule has 8 heteroatoms. The number of carbonyl (C=O) groups excluding carboxylic acids is 1. The highest BCUT2D eigenvalue weighted by atomic mass is 35.5. The molecule has 0 radical (unpaired) electrons. The molecule has 0 N–H and O–H groups in total. The zero-order valence-corrected chi connectivity index (χ0v) is 18.5. The standard InChI is InChI=1S/C23H20ClFN4OS/c1-27-23-18(21(26-27)17-7-2-3-8-19(17)25)14-20(31-23)22(30)29-11-9-28(10-12-29)16-6-4-5-15(24)13-16/h2-8,13-14H,9-12H2,1H3. The van der Waals surface area contributed by atoms with Gasteiger partial charge in [0.05, 0.1) is 4.88 Å². The number of rotatable bonds is 3. The summed E-state index contributed by atoms with van der Waals surface area (Å²) < 4.78 is 16.1. The average molecular weight is 455 g/mol. The Morgan fingerprint density at radius 3 is 2.58 bits per heavy atom. The van der Waals surface area contributed by atoms with Gasteiger partial charge >= 0.3 is 0 Å². The monoisotopic (exact) mass is 454 g/mol.